The van der Waals surface area contributed by atoms with Gasteiger partial charge in [0.2, 0.25) is 0 Å². The lowest BCUT2D eigenvalue weighted by molar-refractivity contribution is 0.141. The molecule has 0 aliphatic carbocycles. The highest BCUT2D eigenvalue weighted by Crippen LogP contribution is 2.07. The number of hydrogen-bond acceptors (Lipinski definition) is 2. The van der Waals surface area contributed by atoms with E-state index in [0.717, 1.165) is 12.0 Å². The predicted molar refractivity (Wildman–Crippen MR) is 63.5 cm³/mol. The molecule has 1 aromatic rings. The van der Waals surface area contributed by atoms with E-state index in [9.17, 15) is 0 Å². The minimum Gasteiger partial charge on any atom is -0.395 e. The molecule has 0 atom stereocenters. The molecule has 1 rings (SSSR count). The van der Waals surface area contributed by atoms with E-state index in [1.165, 1.54) is 12.8 Å². The topological polar surface area (TPSA) is 21.6 Å². The molecule has 0 aliphatic heterocycles. The van der Waals surface area contributed by atoms with Crippen LogP contribution in [0.5, 0.6) is 0 Å². The SMILES string of the molecule is CCCCCO/N=[C]/c1ccc(Cl)cc1. The summed E-state index contributed by atoms with van der Waals surface area (Å²) in [5.74, 6) is 0. The first-order valence-electron chi connectivity index (χ1n) is 5.16. The highest BCUT2D eigenvalue weighted by atomic mass is 35.5. The first kappa shape index (κ1) is 12.1. The van der Waals surface area contributed by atoms with Gasteiger partial charge in [-0.05, 0) is 18.6 Å². The van der Waals surface area contributed by atoms with Gasteiger partial charge < -0.3 is 4.84 Å². The molecule has 0 aliphatic rings. The number of benzene rings is 1. The van der Waals surface area contributed by atoms with Crippen molar-refractivity contribution in [1.82, 2.24) is 0 Å². The van der Waals surface area contributed by atoms with Crippen molar-refractivity contribution in [1.29, 1.82) is 0 Å². The Morgan fingerprint density at radius 2 is 2.00 bits per heavy atom. The van der Waals surface area contributed by atoms with Gasteiger partial charge in [0.1, 0.15) is 12.8 Å². The van der Waals surface area contributed by atoms with E-state index in [-0.39, 0.29) is 0 Å². The average Bonchev–Trinajstić information content (AvgIpc) is 2.26. The van der Waals surface area contributed by atoms with Crippen LogP contribution in [0.4, 0.5) is 0 Å². The molecule has 0 spiro atoms. The van der Waals surface area contributed by atoms with Gasteiger partial charge in [-0.25, -0.2) is 0 Å². The molecule has 0 aromatic heterocycles. The fourth-order valence-electron chi connectivity index (χ4n) is 1.07. The van der Waals surface area contributed by atoms with Crippen LogP contribution in [-0.4, -0.2) is 12.8 Å². The van der Waals surface area contributed by atoms with Gasteiger partial charge in [-0.3, -0.25) is 0 Å². The third-order valence-corrected chi connectivity index (χ3v) is 2.17. The molecule has 3 heteroatoms. The molecule has 0 amide bonds. The van der Waals surface area contributed by atoms with Crippen LogP contribution < -0.4 is 0 Å². The second kappa shape index (κ2) is 7.30. The highest BCUT2D eigenvalue weighted by Gasteiger charge is 1.89. The minimum absolute atomic E-state index is 0.661. The van der Waals surface area contributed by atoms with Crippen LogP contribution >= 0.6 is 11.6 Å². The molecule has 15 heavy (non-hydrogen) atoms. The Balaban J connectivity index is 2.23. The maximum Gasteiger partial charge on any atom is 0.139 e. The number of nitrogens with zero attached hydrogens (tertiary/aromatic N) is 1. The van der Waals surface area contributed by atoms with Crippen LogP contribution in [0.2, 0.25) is 5.02 Å². The summed E-state index contributed by atoms with van der Waals surface area (Å²) in [6, 6.07) is 7.30. The maximum atomic E-state index is 5.74. The first-order valence-corrected chi connectivity index (χ1v) is 5.54. The van der Waals surface area contributed by atoms with E-state index in [1.807, 2.05) is 12.1 Å². The van der Waals surface area contributed by atoms with Gasteiger partial charge in [0.15, 0.2) is 0 Å². The number of rotatable bonds is 6. The zero-order chi connectivity index (χ0) is 10.9. The Bertz CT molecular complexity index is 295. The van der Waals surface area contributed by atoms with Crippen LogP contribution in [0, 0.1) is 0 Å². The van der Waals surface area contributed by atoms with Crippen molar-refractivity contribution in [2.45, 2.75) is 26.2 Å². The van der Waals surface area contributed by atoms with Crippen LogP contribution in [0.25, 0.3) is 0 Å². The molecule has 0 fully saturated rings. The summed E-state index contributed by atoms with van der Waals surface area (Å²) in [5.41, 5.74) is 0.870. The molecule has 0 N–H and O–H groups in total. The molecule has 0 unspecified atom stereocenters. The van der Waals surface area contributed by atoms with Crippen molar-refractivity contribution in [3.8, 4) is 0 Å². The second-order valence-electron chi connectivity index (χ2n) is 3.25. The molecular formula is C12H15ClNO. The van der Waals surface area contributed by atoms with Gasteiger partial charge in [-0.2, -0.15) is 0 Å². The van der Waals surface area contributed by atoms with E-state index in [4.69, 9.17) is 16.4 Å². The normalized spacial score (nSPS) is 10.8. The van der Waals surface area contributed by atoms with Gasteiger partial charge in [0, 0.05) is 10.6 Å². The molecular weight excluding hydrogens is 210 g/mol. The largest absolute Gasteiger partial charge is 0.395 e. The smallest absolute Gasteiger partial charge is 0.139 e. The molecule has 0 heterocycles. The molecule has 1 aromatic carbocycles. The Morgan fingerprint density at radius 1 is 1.27 bits per heavy atom. The van der Waals surface area contributed by atoms with E-state index in [1.54, 1.807) is 12.1 Å². The van der Waals surface area contributed by atoms with Gasteiger partial charge in [-0.15, -0.1) is 0 Å². The lowest BCUT2D eigenvalue weighted by atomic mass is 10.2. The van der Waals surface area contributed by atoms with E-state index >= 15 is 0 Å². The van der Waals surface area contributed by atoms with Crippen LogP contribution in [0.1, 0.15) is 31.7 Å². The van der Waals surface area contributed by atoms with Crippen molar-refractivity contribution in [3.05, 3.63) is 34.9 Å². The summed E-state index contributed by atoms with van der Waals surface area (Å²) in [4.78, 5) is 5.05. The van der Waals surface area contributed by atoms with Crippen LogP contribution in [0.15, 0.2) is 29.4 Å². The monoisotopic (exact) mass is 224 g/mol. The predicted octanol–water partition coefficient (Wildman–Crippen LogP) is 3.76. The van der Waals surface area contributed by atoms with Crippen LogP contribution in [0.3, 0.4) is 0 Å². The highest BCUT2D eigenvalue weighted by molar-refractivity contribution is 6.30. The summed E-state index contributed by atoms with van der Waals surface area (Å²) in [6.45, 7) is 2.82. The standard InChI is InChI=1S/C12H15ClNO/c1-2-3-4-9-15-14-10-11-5-7-12(13)8-6-11/h5-8H,2-4,9H2,1H3. The minimum atomic E-state index is 0.661. The quantitative estimate of drug-likeness (QED) is 0.410. The summed E-state index contributed by atoms with van der Waals surface area (Å²) in [7, 11) is 0. The Kier molecular flexibility index (Phi) is 5.86. The average molecular weight is 225 g/mol. The fourth-order valence-corrected chi connectivity index (χ4v) is 1.20. The van der Waals surface area contributed by atoms with Gasteiger partial charge in [0.05, 0.1) is 0 Å². The summed E-state index contributed by atoms with van der Waals surface area (Å²) >= 11 is 5.74. The van der Waals surface area contributed by atoms with Crippen molar-refractivity contribution >= 4 is 17.8 Å². The van der Waals surface area contributed by atoms with Crippen molar-refractivity contribution in [3.63, 3.8) is 0 Å². The van der Waals surface area contributed by atoms with Gasteiger partial charge >= 0.3 is 0 Å². The third kappa shape index (κ3) is 5.43. The molecule has 0 bridgehead atoms. The maximum absolute atomic E-state index is 5.74. The fraction of sp³-hybridized carbons (Fsp3) is 0.417. The number of hydrogen-bond donors (Lipinski definition) is 0. The third-order valence-electron chi connectivity index (χ3n) is 1.92. The zero-order valence-corrected chi connectivity index (χ0v) is 9.63. The second-order valence-corrected chi connectivity index (χ2v) is 3.69. The molecule has 1 radical (unpaired) electrons. The summed E-state index contributed by atoms with van der Waals surface area (Å²) in [6.07, 6.45) is 6.20. The number of unbranched alkanes of at least 4 members (excludes halogenated alkanes) is 2. The van der Waals surface area contributed by atoms with Crippen molar-refractivity contribution in [2.75, 3.05) is 6.61 Å². The van der Waals surface area contributed by atoms with Gasteiger partial charge in [0.25, 0.3) is 0 Å². The Labute approximate surface area is 95.9 Å². The summed E-state index contributed by atoms with van der Waals surface area (Å²) < 4.78 is 0. The van der Waals surface area contributed by atoms with Crippen LogP contribution in [-0.2, 0) is 4.84 Å². The van der Waals surface area contributed by atoms with Crippen molar-refractivity contribution < 1.29 is 4.84 Å². The zero-order valence-electron chi connectivity index (χ0n) is 8.87. The Morgan fingerprint density at radius 3 is 2.67 bits per heavy atom. The summed E-state index contributed by atoms with van der Waals surface area (Å²) in [5, 5.41) is 4.46. The lowest BCUT2D eigenvalue weighted by Crippen LogP contribution is -1.88. The molecule has 2 nitrogen and oxygen atoms in total. The van der Waals surface area contributed by atoms with E-state index < -0.39 is 0 Å². The van der Waals surface area contributed by atoms with Crippen molar-refractivity contribution in [2.24, 2.45) is 5.16 Å². The first-order chi connectivity index (χ1) is 7.33. The van der Waals surface area contributed by atoms with E-state index in [0.29, 0.717) is 11.6 Å². The number of halogens is 1. The molecule has 0 saturated heterocycles. The van der Waals surface area contributed by atoms with Gasteiger partial charge in [-0.1, -0.05) is 48.7 Å². The molecule has 81 valence electrons. The van der Waals surface area contributed by atoms with E-state index in [2.05, 4.69) is 18.3 Å². The lowest BCUT2D eigenvalue weighted by Gasteiger charge is -1.96. The molecule has 0 saturated carbocycles. The Hall–Kier alpha value is -1.02.